The Morgan fingerprint density at radius 1 is 1.67 bits per heavy atom. The van der Waals surface area contributed by atoms with Crippen LogP contribution in [-0.2, 0) is 11.2 Å². The number of hydrogen-bond acceptors (Lipinski definition) is 4. The number of fused-ring (bicyclic) bond motifs is 1. The van der Waals surface area contributed by atoms with Crippen molar-refractivity contribution in [1.82, 2.24) is 5.32 Å². The maximum Gasteiger partial charge on any atom is 0.325 e. The summed E-state index contributed by atoms with van der Waals surface area (Å²) in [5, 5.41) is 12.4. The monoisotopic (exact) mass is 291 g/mol. The smallest absolute Gasteiger partial charge is 0.325 e. The van der Waals surface area contributed by atoms with Crippen molar-refractivity contribution in [3.63, 3.8) is 0 Å². The average Bonchev–Trinajstić information content (AvgIpc) is 2.78. The van der Waals surface area contributed by atoms with E-state index in [2.05, 4.69) is 11.9 Å². The molecule has 2 atom stereocenters. The molecular weight excluding hydrogens is 270 g/mol. The third-order valence-electron chi connectivity index (χ3n) is 3.35. The number of benzene rings is 1. The van der Waals surface area contributed by atoms with Crippen LogP contribution in [-0.4, -0.2) is 30.3 Å². The van der Waals surface area contributed by atoms with E-state index in [1.165, 1.54) is 0 Å². The van der Waals surface area contributed by atoms with Gasteiger partial charge in [0.1, 0.15) is 23.6 Å². The molecule has 0 spiro atoms. The van der Waals surface area contributed by atoms with Gasteiger partial charge in [0, 0.05) is 24.1 Å². The summed E-state index contributed by atoms with van der Waals surface area (Å²) in [4.78, 5) is 11.5. The van der Waals surface area contributed by atoms with E-state index in [4.69, 9.17) is 9.47 Å². The number of rotatable bonds is 7. The summed E-state index contributed by atoms with van der Waals surface area (Å²) in [5.74, 6) is 0.384. The quantitative estimate of drug-likeness (QED) is 0.755. The maximum absolute atomic E-state index is 11.5. The van der Waals surface area contributed by atoms with Crippen LogP contribution in [0.2, 0.25) is 0 Å². The molecule has 1 aromatic carbocycles. The van der Waals surface area contributed by atoms with Crippen LogP contribution in [0.15, 0.2) is 24.8 Å². The molecule has 2 unspecified atom stereocenters. The third kappa shape index (κ3) is 3.36. The summed E-state index contributed by atoms with van der Waals surface area (Å²) in [6, 6.07) is 2.82. The Hall–Kier alpha value is -2.01. The molecule has 1 aliphatic rings. The predicted molar refractivity (Wildman–Crippen MR) is 80.0 cm³/mol. The van der Waals surface area contributed by atoms with E-state index in [1.807, 2.05) is 19.9 Å². The molecule has 0 aliphatic carbocycles. The summed E-state index contributed by atoms with van der Waals surface area (Å²) >= 11 is 0. The highest BCUT2D eigenvalue weighted by Crippen LogP contribution is 2.37. The molecule has 0 radical (unpaired) electrons. The Morgan fingerprint density at radius 3 is 3.05 bits per heavy atom. The fraction of sp³-hybridized carbons (Fsp3) is 0.438. The lowest BCUT2D eigenvalue weighted by Crippen LogP contribution is -2.29. The van der Waals surface area contributed by atoms with Gasteiger partial charge in [0.25, 0.3) is 0 Å². The van der Waals surface area contributed by atoms with Gasteiger partial charge in [0.05, 0.1) is 6.61 Å². The lowest BCUT2D eigenvalue weighted by Gasteiger charge is -2.19. The van der Waals surface area contributed by atoms with Crippen molar-refractivity contribution in [2.75, 3.05) is 13.2 Å². The lowest BCUT2D eigenvalue weighted by molar-refractivity contribution is -0.139. The zero-order valence-corrected chi connectivity index (χ0v) is 12.4. The molecule has 21 heavy (non-hydrogen) atoms. The summed E-state index contributed by atoms with van der Waals surface area (Å²) in [6.45, 7) is 8.35. The summed E-state index contributed by atoms with van der Waals surface area (Å²) in [7, 11) is 0. The molecule has 5 nitrogen and oxygen atoms in total. The Labute approximate surface area is 124 Å². The van der Waals surface area contributed by atoms with Crippen molar-refractivity contribution in [2.24, 2.45) is 0 Å². The number of ether oxygens (including phenoxy) is 2. The van der Waals surface area contributed by atoms with Crippen LogP contribution in [0.4, 0.5) is 0 Å². The van der Waals surface area contributed by atoms with Crippen LogP contribution in [0.25, 0.3) is 0 Å². The number of carboxylic acid groups (broad SMARTS) is 1. The normalized spacial score (nSPS) is 17.7. The zero-order chi connectivity index (χ0) is 15.4. The summed E-state index contributed by atoms with van der Waals surface area (Å²) < 4.78 is 11.3. The van der Waals surface area contributed by atoms with Crippen molar-refractivity contribution in [2.45, 2.75) is 32.4 Å². The first-order valence-corrected chi connectivity index (χ1v) is 7.10. The highest BCUT2D eigenvalue weighted by molar-refractivity contribution is 5.77. The Bertz CT molecular complexity index is 541. The molecular formula is C16H21NO4. The Kier molecular flexibility index (Phi) is 4.85. The largest absolute Gasteiger partial charge is 0.494 e. The van der Waals surface area contributed by atoms with Crippen LogP contribution in [0, 0.1) is 0 Å². The molecule has 1 aliphatic heterocycles. The van der Waals surface area contributed by atoms with Crippen LogP contribution in [0.5, 0.6) is 11.5 Å². The van der Waals surface area contributed by atoms with E-state index >= 15 is 0 Å². The first-order valence-electron chi connectivity index (χ1n) is 7.10. The second-order valence-corrected chi connectivity index (χ2v) is 5.03. The van der Waals surface area contributed by atoms with Gasteiger partial charge in [-0.15, -0.1) is 6.58 Å². The van der Waals surface area contributed by atoms with Crippen LogP contribution >= 0.6 is 0 Å². The maximum atomic E-state index is 11.5. The molecule has 0 bridgehead atoms. The number of carboxylic acids is 1. The van der Waals surface area contributed by atoms with E-state index in [-0.39, 0.29) is 6.10 Å². The van der Waals surface area contributed by atoms with Crippen LogP contribution in [0.3, 0.4) is 0 Å². The van der Waals surface area contributed by atoms with Crippen LogP contribution in [0.1, 0.15) is 31.0 Å². The van der Waals surface area contributed by atoms with E-state index in [0.29, 0.717) is 24.5 Å². The van der Waals surface area contributed by atoms with Crippen LogP contribution < -0.4 is 14.8 Å². The highest BCUT2D eigenvalue weighted by atomic mass is 16.5. The molecule has 0 saturated carbocycles. The van der Waals surface area contributed by atoms with Crippen molar-refractivity contribution in [1.29, 1.82) is 0 Å². The van der Waals surface area contributed by atoms with Gasteiger partial charge in [-0.1, -0.05) is 6.08 Å². The van der Waals surface area contributed by atoms with Gasteiger partial charge in [-0.3, -0.25) is 10.1 Å². The highest BCUT2D eigenvalue weighted by Gasteiger charge is 2.28. The molecule has 2 rings (SSSR count). The van der Waals surface area contributed by atoms with Crippen molar-refractivity contribution in [3.05, 3.63) is 35.9 Å². The van der Waals surface area contributed by atoms with Gasteiger partial charge in [-0.2, -0.15) is 0 Å². The summed E-state index contributed by atoms with van der Waals surface area (Å²) in [5.41, 5.74) is 1.64. The molecule has 0 amide bonds. The lowest BCUT2D eigenvalue weighted by atomic mass is 10.0. The first kappa shape index (κ1) is 15.4. The minimum atomic E-state index is -0.955. The van der Waals surface area contributed by atoms with E-state index < -0.39 is 12.0 Å². The minimum absolute atomic E-state index is 0.106. The fourth-order valence-corrected chi connectivity index (χ4v) is 2.49. The summed E-state index contributed by atoms with van der Waals surface area (Å²) in [6.07, 6.45) is 2.55. The van der Waals surface area contributed by atoms with Crippen molar-refractivity contribution >= 4 is 5.97 Å². The van der Waals surface area contributed by atoms with Crippen molar-refractivity contribution < 1.29 is 19.4 Å². The minimum Gasteiger partial charge on any atom is -0.494 e. The van der Waals surface area contributed by atoms with Gasteiger partial charge in [0.2, 0.25) is 0 Å². The fourth-order valence-electron chi connectivity index (χ4n) is 2.49. The number of carbonyl (C=O) groups is 1. The molecule has 2 N–H and O–H groups in total. The molecule has 0 fully saturated rings. The van der Waals surface area contributed by atoms with E-state index in [1.54, 1.807) is 12.1 Å². The molecule has 1 aromatic rings. The molecule has 0 aromatic heterocycles. The first-order chi connectivity index (χ1) is 10.1. The molecule has 5 heteroatoms. The molecule has 1 heterocycles. The second kappa shape index (κ2) is 6.63. The van der Waals surface area contributed by atoms with Gasteiger partial charge in [-0.05, 0) is 26.0 Å². The topological polar surface area (TPSA) is 67.8 Å². The zero-order valence-electron chi connectivity index (χ0n) is 12.4. The number of nitrogens with one attached hydrogen (secondary N) is 1. The van der Waals surface area contributed by atoms with E-state index in [9.17, 15) is 9.90 Å². The number of hydrogen-bond donors (Lipinski definition) is 2. The third-order valence-corrected chi connectivity index (χ3v) is 3.35. The SMILES string of the molecule is C=CCNC(C(=O)O)c1cc2c(cc1OCC)CC(C)O2. The van der Waals surface area contributed by atoms with E-state index in [0.717, 1.165) is 17.7 Å². The van der Waals surface area contributed by atoms with Gasteiger partial charge >= 0.3 is 5.97 Å². The van der Waals surface area contributed by atoms with Gasteiger partial charge in [-0.25, -0.2) is 0 Å². The van der Waals surface area contributed by atoms with Crippen molar-refractivity contribution in [3.8, 4) is 11.5 Å². The Balaban J connectivity index is 2.41. The Morgan fingerprint density at radius 2 is 2.43 bits per heavy atom. The average molecular weight is 291 g/mol. The molecule has 0 saturated heterocycles. The standard InChI is InChI=1S/C16H21NO4/c1-4-6-17-15(16(18)19)12-9-13-11(7-10(3)21-13)8-14(12)20-5-2/h4,8-10,15,17H,1,5-7H2,2-3H3,(H,18,19). The number of aliphatic carboxylic acids is 1. The van der Waals surface area contributed by atoms with Gasteiger partial charge in [0.15, 0.2) is 0 Å². The van der Waals surface area contributed by atoms with Gasteiger partial charge < -0.3 is 14.6 Å². The second-order valence-electron chi connectivity index (χ2n) is 5.03. The predicted octanol–water partition coefficient (Wildman–Crippen LogP) is 2.31. The molecule has 114 valence electrons.